The standard InChI is InChI=1S/C17H18N2O2S/c20-17-18-16(22)8-9-19(17)15-7-6-14(10-15)12-21-11-13-4-2-1-3-5-13/h1-5,8-10,15H,6-7,11-12H2,(H,18,20,22)/t15-/m1/s1. The van der Waals surface area contributed by atoms with Crippen LogP contribution >= 0.6 is 12.2 Å². The molecule has 0 radical (unpaired) electrons. The van der Waals surface area contributed by atoms with Crippen LogP contribution in [-0.4, -0.2) is 16.2 Å². The van der Waals surface area contributed by atoms with Gasteiger partial charge in [-0.2, -0.15) is 0 Å². The topological polar surface area (TPSA) is 47.0 Å². The van der Waals surface area contributed by atoms with Crippen molar-refractivity contribution in [2.75, 3.05) is 6.61 Å². The van der Waals surface area contributed by atoms with Gasteiger partial charge in [-0.1, -0.05) is 48.6 Å². The molecule has 0 aliphatic heterocycles. The fourth-order valence-corrected chi connectivity index (χ4v) is 2.82. The maximum atomic E-state index is 11.9. The van der Waals surface area contributed by atoms with Gasteiger partial charge in [0.2, 0.25) is 0 Å². The van der Waals surface area contributed by atoms with Gasteiger partial charge in [0.15, 0.2) is 0 Å². The summed E-state index contributed by atoms with van der Waals surface area (Å²) in [5.41, 5.74) is 2.26. The Bertz CT molecular complexity index is 777. The zero-order valence-corrected chi connectivity index (χ0v) is 13.0. The second-order valence-corrected chi connectivity index (χ2v) is 5.87. The minimum absolute atomic E-state index is 0.0923. The normalized spacial score (nSPS) is 17.5. The van der Waals surface area contributed by atoms with E-state index < -0.39 is 0 Å². The van der Waals surface area contributed by atoms with Crippen LogP contribution in [0.15, 0.2) is 59.0 Å². The van der Waals surface area contributed by atoms with Crippen LogP contribution in [0.4, 0.5) is 0 Å². The Labute approximate surface area is 134 Å². The molecule has 1 aromatic carbocycles. The molecule has 1 heterocycles. The summed E-state index contributed by atoms with van der Waals surface area (Å²) in [5, 5.41) is 0. The molecule has 5 heteroatoms. The zero-order valence-electron chi connectivity index (χ0n) is 12.2. The molecule has 114 valence electrons. The maximum Gasteiger partial charge on any atom is 0.327 e. The third kappa shape index (κ3) is 3.61. The monoisotopic (exact) mass is 314 g/mol. The SMILES string of the molecule is O=c1[nH]c(=S)ccn1[C@H]1C=C(COCc2ccccc2)CC1. The Balaban J connectivity index is 1.60. The minimum Gasteiger partial charge on any atom is -0.372 e. The van der Waals surface area contributed by atoms with E-state index in [1.54, 1.807) is 16.8 Å². The summed E-state index contributed by atoms with van der Waals surface area (Å²) in [7, 11) is 0. The summed E-state index contributed by atoms with van der Waals surface area (Å²) in [4.78, 5) is 14.6. The Morgan fingerprint density at radius 1 is 1.23 bits per heavy atom. The number of hydrogen-bond acceptors (Lipinski definition) is 3. The van der Waals surface area contributed by atoms with Crippen LogP contribution < -0.4 is 5.69 Å². The van der Waals surface area contributed by atoms with Gasteiger partial charge >= 0.3 is 5.69 Å². The Hall–Kier alpha value is -1.98. The van der Waals surface area contributed by atoms with Crippen LogP contribution in [0, 0.1) is 4.64 Å². The molecule has 4 nitrogen and oxygen atoms in total. The van der Waals surface area contributed by atoms with Gasteiger partial charge in [-0.05, 0) is 30.0 Å². The molecule has 22 heavy (non-hydrogen) atoms. The number of ether oxygens (including phenoxy) is 1. The van der Waals surface area contributed by atoms with E-state index in [0.29, 0.717) is 17.9 Å². The number of aromatic nitrogens is 2. The summed E-state index contributed by atoms with van der Waals surface area (Å²) in [6.07, 6.45) is 5.77. The summed E-state index contributed by atoms with van der Waals surface area (Å²) in [6.45, 7) is 1.23. The van der Waals surface area contributed by atoms with Gasteiger partial charge in [-0.3, -0.25) is 9.55 Å². The lowest BCUT2D eigenvalue weighted by Crippen LogP contribution is -2.24. The van der Waals surface area contributed by atoms with Crippen LogP contribution in [0.2, 0.25) is 0 Å². The van der Waals surface area contributed by atoms with Crippen molar-refractivity contribution < 1.29 is 4.74 Å². The first-order valence-corrected chi connectivity index (χ1v) is 7.76. The first kappa shape index (κ1) is 14.9. The van der Waals surface area contributed by atoms with Gasteiger partial charge < -0.3 is 4.74 Å². The van der Waals surface area contributed by atoms with E-state index in [2.05, 4.69) is 23.2 Å². The van der Waals surface area contributed by atoms with Crippen molar-refractivity contribution in [3.63, 3.8) is 0 Å². The molecule has 0 fully saturated rings. The number of rotatable bonds is 5. The molecule has 1 atom stereocenters. The Kier molecular flexibility index (Phi) is 4.65. The third-order valence-corrected chi connectivity index (χ3v) is 4.03. The molecule has 1 N–H and O–H groups in total. The lowest BCUT2D eigenvalue weighted by atomic mass is 10.2. The zero-order chi connectivity index (χ0) is 15.4. The fourth-order valence-electron chi connectivity index (χ4n) is 2.67. The first-order valence-electron chi connectivity index (χ1n) is 7.35. The van der Waals surface area contributed by atoms with E-state index in [4.69, 9.17) is 17.0 Å². The van der Waals surface area contributed by atoms with Crippen LogP contribution in [0.25, 0.3) is 0 Å². The number of H-pyrrole nitrogens is 1. The van der Waals surface area contributed by atoms with Crippen molar-refractivity contribution >= 4 is 12.2 Å². The van der Waals surface area contributed by atoms with E-state index in [9.17, 15) is 4.79 Å². The van der Waals surface area contributed by atoms with E-state index in [1.807, 2.05) is 18.2 Å². The average molecular weight is 314 g/mol. The fraction of sp³-hybridized carbons (Fsp3) is 0.294. The van der Waals surface area contributed by atoms with Gasteiger partial charge in [0, 0.05) is 6.20 Å². The summed E-state index contributed by atoms with van der Waals surface area (Å²) < 4.78 is 7.92. The molecule has 1 aliphatic carbocycles. The first-order chi connectivity index (χ1) is 10.7. The minimum atomic E-state index is -0.153. The molecular formula is C17H18N2O2S. The number of hydrogen-bond donors (Lipinski definition) is 1. The predicted molar refractivity (Wildman–Crippen MR) is 88.3 cm³/mol. The Morgan fingerprint density at radius 2 is 2.05 bits per heavy atom. The lowest BCUT2D eigenvalue weighted by molar-refractivity contribution is 0.141. The van der Waals surface area contributed by atoms with Crippen molar-refractivity contribution in [1.82, 2.24) is 9.55 Å². The summed E-state index contributed by atoms with van der Waals surface area (Å²) in [5.74, 6) is 0. The molecule has 0 unspecified atom stereocenters. The number of allylic oxidation sites excluding steroid dienone is 1. The van der Waals surface area contributed by atoms with Gasteiger partial charge in [-0.25, -0.2) is 4.79 Å². The maximum absolute atomic E-state index is 11.9. The second kappa shape index (κ2) is 6.85. The highest BCUT2D eigenvalue weighted by Crippen LogP contribution is 2.27. The molecule has 0 amide bonds. The van der Waals surface area contributed by atoms with Gasteiger partial charge in [-0.15, -0.1) is 0 Å². The Morgan fingerprint density at radius 3 is 2.82 bits per heavy atom. The molecule has 0 spiro atoms. The van der Waals surface area contributed by atoms with E-state index in [-0.39, 0.29) is 11.7 Å². The van der Waals surface area contributed by atoms with Crippen molar-refractivity contribution in [3.05, 3.63) is 74.9 Å². The number of benzene rings is 1. The number of aromatic amines is 1. The number of nitrogens with zero attached hydrogens (tertiary/aromatic N) is 1. The van der Waals surface area contributed by atoms with E-state index in [0.717, 1.165) is 12.8 Å². The van der Waals surface area contributed by atoms with Crippen LogP contribution in [0.3, 0.4) is 0 Å². The third-order valence-electron chi connectivity index (χ3n) is 3.80. The van der Waals surface area contributed by atoms with Crippen LogP contribution in [0.5, 0.6) is 0 Å². The smallest absolute Gasteiger partial charge is 0.327 e. The summed E-state index contributed by atoms with van der Waals surface area (Å²) >= 11 is 4.96. The van der Waals surface area contributed by atoms with Crippen molar-refractivity contribution in [1.29, 1.82) is 0 Å². The van der Waals surface area contributed by atoms with Crippen LogP contribution in [-0.2, 0) is 11.3 Å². The molecule has 0 saturated heterocycles. The van der Waals surface area contributed by atoms with Gasteiger partial charge in [0.1, 0.15) is 4.64 Å². The van der Waals surface area contributed by atoms with Crippen molar-refractivity contribution in [3.8, 4) is 0 Å². The highest BCUT2D eigenvalue weighted by Gasteiger charge is 2.18. The van der Waals surface area contributed by atoms with Crippen molar-refractivity contribution in [2.24, 2.45) is 0 Å². The predicted octanol–water partition coefficient (Wildman–Crippen LogP) is 3.38. The molecular weight excluding hydrogens is 296 g/mol. The highest BCUT2D eigenvalue weighted by atomic mass is 32.1. The van der Waals surface area contributed by atoms with Gasteiger partial charge in [0.05, 0.1) is 19.3 Å². The van der Waals surface area contributed by atoms with E-state index >= 15 is 0 Å². The quantitative estimate of drug-likeness (QED) is 0.680. The second-order valence-electron chi connectivity index (χ2n) is 5.43. The molecule has 0 saturated carbocycles. The van der Waals surface area contributed by atoms with Crippen molar-refractivity contribution in [2.45, 2.75) is 25.5 Å². The molecule has 3 rings (SSSR count). The van der Waals surface area contributed by atoms with E-state index in [1.165, 1.54) is 11.1 Å². The lowest BCUT2D eigenvalue weighted by Gasteiger charge is -2.10. The molecule has 0 bridgehead atoms. The van der Waals surface area contributed by atoms with Crippen LogP contribution in [0.1, 0.15) is 24.4 Å². The molecule has 1 aliphatic rings. The van der Waals surface area contributed by atoms with Gasteiger partial charge in [0.25, 0.3) is 0 Å². The molecule has 2 aromatic rings. The molecule has 1 aromatic heterocycles. The summed E-state index contributed by atoms with van der Waals surface area (Å²) in [6, 6.07) is 12.0. The number of nitrogens with one attached hydrogen (secondary N) is 1. The largest absolute Gasteiger partial charge is 0.372 e. The highest BCUT2D eigenvalue weighted by molar-refractivity contribution is 7.71. The average Bonchev–Trinajstić information content (AvgIpc) is 2.97.